The molecule has 0 unspecified atom stereocenters. The lowest BCUT2D eigenvalue weighted by atomic mass is 10.0. The molecule has 0 aromatic heterocycles. The van der Waals surface area contributed by atoms with Crippen LogP contribution in [0, 0.1) is 12.0 Å². The standard InChI is InChI=1S/C38H44O6/c1-3-28-41-34-22-16-31(17-23-34)14-15-32-18-24-36(25-19-32)44-38(40)33-20-26-35(27-21-33)42-29-12-10-8-6-5-7-9-11-13-30-43-37(39)4-2/h4,16-27H,2,5-15,29-30H2,1H3. The van der Waals surface area contributed by atoms with E-state index in [2.05, 4.69) is 18.6 Å². The van der Waals surface area contributed by atoms with Crippen LogP contribution >= 0.6 is 0 Å². The molecule has 0 N–H and O–H groups in total. The Kier molecular flexibility index (Phi) is 15.8. The normalized spacial score (nSPS) is 10.3. The van der Waals surface area contributed by atoms with Crippen molar-refractivity contribution in [3.63, 3.8) is 0 Å². The van der Waals surface area contributed by atoms with Gasteiger partial charge in [-0.3, -0.25) is 0 Å². The summed E-state index contributed by atoms with van der Waals surface area (Å²) in [7, 11) is 0. The topological polar surface area (TPSA) is 71.1 Å². The average Bonchev–Trinajstić information content (AvgIpc) is 3.06. The molecule has 0 saturated carbocycles. The molecule has 0 saturated heterocycles. The van der Waals surface area contributed by atoms with E-state index in [0.29, 0.717) is 24.5 Å². The molecule has 3 aromatic rings. The van der Waals surface area contributed by atoms with E-state index in [0.717, 1.165) is 50.0 Å². The maximum atomic E-state index is 12.6. The molecule has 232 valence electrons. The molecule has 0 aliphatic heterocycles. The number of carbonyl (C=O) groups is 2. The Bertz CT molecular complexity index is 1330. The number of ether oxygens (including phenoxy) is 4. The van der Waals surface area contributed by atoms with Crippen LogP contribution < -0.4 is 14.2 Å². The first-order valence-electron chi connectivity index (χ1n) is 15.6. The van der Waals surface area contributed by atoms with E-state index in [1.165, 1.54) is 49.3 Å². The number of unbranched alkanes of at least 4 members (excludes halogenated alkanes) is 8. The number of hydrogen-bond donors (Lipinski definition) is 0. The van der Waals surface area contributed by atoms with E-state index in [9.17, 15) is 9.59 Å². The molecule has 6 nitrogen and oxygen atoms in total. The van der Waals surface area contributed by atoms with Crippen molar-refractivity contribution in [1.82, 2.24) is 0 Å². The van der Waals surface area contributed by atoms with Gasteiger partial charge in [-0.15, -0.1) is 0 Å². The van der Waals surface area contributed by atoms with E-state index >= 15 is 0 Å². The van der Waals surface area contributed by atoms with Gasteiger partial charge in [0.25, 0.3) is 0 Å². The van der Waals surface area contributed by atoms with Crippen LogP contribution in [-0.4, -0.2) is 25.2 Å². The summed E-state index contributed by atoms with van der Waals surface area (Å²) >= 11 is 0. The van der Waals surface area contributed by atoms with Crippen LogP contribution in [0.15, 0.2) is 85.5 Å². The summed E-state index contributed by atoms with van der Waals surface area (Å²) in [5.41, 5.74) is 2.86. The zero-order chi connectivity index (χ0) is 31.2. The van der Waals surface area contributed by atoms with Crippen LogP contribution in [0.2, 0.25) is 0 Å². The first kappa shape index (κ1) is 34.0. The highest BCUT2D eigenvalue weighted by molar-refractivity contribution is 5.91. The van der Waals surface area contributed by atoms with Crippen molar-refractivity contribution < 1.29 is 28.5 Å². The van der Waals surface area contributed by atoms with Crippen molar-refractivity contribution in [2.75, 3.05) is 13.2 Å². The van der Waals surface area contributed by atoms with Gasteiger partial charge in [0.15, 0.2) is 0 Å². The molecule has 0 fully saturated rings. The second-order valence-electron chi connectivity index (χ2n) is 10.6. The Morgan fingerprint density at radius 2 is 1.16 bits per heavy atom. The Hall–Kier alpha value is -4.50. The molecule has 0 spiro atoms. The molecule has 44 heavy (non-hydrogen) atoms. The highest BCUT2D eigenvalue weighted by atomic mass is 16.5. The van der Waals surface area contributed by atoms with Gasteiger partial charge >= 0.3 is 11.9 Å². The molecule has 0 atom stereocenters. The average molecular weight is 597 g/mol. The number of benzene rings is 3. The lowest BCUT2D eigenvalue weighted by molar-refractivity contribution is -0.137. The molecule has 0 amide bonds. The molecular formula is C38H44O6. The molecule has 6 heteroatoms. The second kappa shape index (κ2) is 20.4. The van der Waals surface area contributed by atoms with Crippen LogP contribution in [-0.2, 0) is 22.4 Å². The minimum absolute atomic E-state index is 0.343. The Balaban J connectivity index is 1.24. The Morgan fingerprint density at radius 1 is 0.659 bits per heavy atom. The minimum Gasteiger partial charge on any atom is -0.494 e. The summed E-state index contributed by atoms with van der Waals surface area (Å²) in [6, 6.07) is 22.7. The third-order valence-corrected chi connectivity index (χ3v) is 7.09. The minimum atomic E-state index is -0.393. The maximum absolute atomic E-state index is 12.6. The number of aryl methyl sites for hydroxylation is 2. The molecule has 0 bridgehead atoms. The first-order chi connectivity index (χ1) is 21.6. The summed E-state index contributed by atoms with van der Waals surface area (Å²) in [5.74, 6) is 3.98. The summed E-state index contributed by atoms with van der Waals surface area (Å²) in [6.45, 7) is 6.27. The van der Waals surface area contributed by atoms with Crippen LogP contribution in [0.3, 0.4) is 0 Å². The number of carbonyl (C=O) groups excluding carboxylic acids is 2. The van der Waals surface area contributed by atoms with E-state index in [1.54, 1.807) is 19.1 Å². The quantitative estimate of drug-likeness (QED) is 0.0427. The van der Waals surface area contributed by atoms with E-state index in [1.807, 2.05) is 60.7 Å². The van der Waals surface area contributed by atoms with Crippen molar-refractivity contribution in [2.45, 2.75) is 77.6 Å². The fraction of sp³-hybridized carbons (Fsp3) is 0.368. The third kappa shape index (κ3) is 13.6. The third-order valence-electron chi connectivity index (χ3n) is 7.09. The zero-order valence-electron chi connectivity index (χ0n) is 25.9. The van der Waals surface area contributed by atoms with Gasteiger partial charge in [-0.05, 0) is 85.3 Å². The predicted octanol–water partition coefficient (Wildman–Crippen LogP) is 8.67. The van der Waals surface area contributed by atoms with Gasteiger partial charge in [-0.1, -0.05) is 81.7 Å². The highest BCUT2D eigenvalue weighted by Crippen LogP contribution is 2.19. The first-order valence-corrected chi connectivity index (χ1v) is 15.6. The van der Waals surface area contributed by atoms with Gasteiger partial charge in [0.05, 0.1) is 18.8 Å². The van der Waals surface area contributed by atoms with Crippen molar-refractivity contribution >= 4 is 11.9 Å². The van der Waals surface area contributed by atoms with Crippen LogP contribution in [0.4, 0.5) is 0 Å². The summed E-state index contributed by atoms with van der Waals surface area (Å²) in [5, 5.41) is 0. The van der Waals surface area contributed by atoms with Crippen molar-refractivity contribution in [1.29, 1.82) is 0 Å². The van der Waals surface area contributed by atoms with Gasteiger partial charge < -0.3 is 18.9 Å². The smallest absolute Gasteiger partial charge is 0.343 e. The monoisotopic (exact) mass is 596 g/mol. The van der Waals surface area contributed by atoms with E-state index in [-0.39, 0.29) is 5.97 Å². The van der Waals surface area contributed by atoms with Gasteiger partial charge in [-0.25, -0.2) is 9.59 Å². The van der Waals surface area contributed by atoms with Crippen molar-refractivity contribution in [3.8, 4) is 29.3 Å². The number of hydrogen-bond acceptors (Lipinski definition) is 6. The van der Waals surface area contributed by atoms with Crippen LogP contribution in [0.5, 0.6) is 17.2 Å². The largest absolute Gasteiger partial charge is 0.494 e. The molecule has 3 rings (SSSR count). The van der Waals surface area contributed by atoms with E-state index < -0.39 is 5.97 Å². The van der Waals surface area contributed by atoms with Crippen LogP contribution in [0.1, 0.15) is 86.2 Å². The zero-order valence-corrected chi connectivity index (χ0v) is 25.9. The highest BCUT2D eigenvalue weighted by Gasteiger charge is 2.09. The fourth-order valence-corrected chi connectivity index (χ4v) is 4.56. The van der Waals surface area contributed by atoms with Crippen molar-refractivity contribution in [3.05, 3.63) is 102 Å². The van der Waals surface area contributed by atoms with Crippen LogP contribution in [0.25, 0.3) is 0 Å². The maximum Gasteiger partial charge on any atom is 0.343 e. The van der Waals surface area contributed by atoms with Gasteiger partial charge in [0.1, 0.15) is 23.4 Å². The number of rotatable bonds is 20. The van der Waals surface area contributed by atoms with Crippen molar-refractivity contribution in [2.24, 2.45) is 0 Å². The molecule has 0 aliphatic rings. The van der Waals surface area contributed by atoms with Gasteiger partial charge in [0.2, 0.25) is 0 Å². The number of esters is 2. The fourth-order valence-electron chi connectivity index (χ4n) is 4.56. The summed E-state index contributed by atoms with van der Waals surface area (Å²) < 4.78 is 21.7. The van der Waals surface area contributed by atoms with E-state index in [4.69, 9.17) is 18.9 Å². The Morgan fingerprint density at radius 3 is 1.70 bits per heavy atom. The van der Waals surface area contributed by atoms with Gasteiger partial charge in [0, 0.05) is 13.0 Å². The molecule has 0 aliphatic carbocycles. The SMILES string of the molecule is C=CC(=O)OCCCCCCCCCCCOc1ccc(C(=O)Oc2ccc(CCc3ccc(OC#CC)cc3)cc2)cc1. The van der Waals surface area contributed by atoms with Gasteiger partial charge in [-0.2, -0.15) is 0 Å². The molecular weight excluding hydrogens is 552 g/mol. The molecule has 3 aromatic carbocycles. The summed E-state index contributed by atoms with van der Waals surface area (Å²) in [4.78, 5) is 23.6. The Labute approximate surface area is 262 Å². The lowest BCUT2D eigenvalue weighted by Crippen LogP contribution is -2.08. The second-order valence-corrected chi connectivity index (χ2v) is 10.6. The predicted molar refractivity (Wildman–Crippen MR) is 174 cm³/mol. The molecule has 0 heterocycles. The summed E-state index contributed by atoms with van der Waals surface area (Å²) in [6.07, 6.45) is 15.8. The lowest BCUT2D eigenvalue weighted by Gasteiger charge is -2.08. The molecule has 0 radical (unpaired) electrons.